The van der Waals surface area contributed by atoms with Gasteiger partial charge in [0.25, 0.3) is 5.91 Å². The van der Waals surface area contributed by atoms with Crippen LogP contribution < -0.4 is 5.48 Å². The molecule has 0 bridgehead atoms. The smallest absolute Gasteiger partial charge is 0.256 e. The van der Waals surface area contributed by atoms with Gasteiger partial charge in [0.15, 0.2) is 0 Å². The number of hydrogen-bond acceptors (Lipinski definition) is 5. The molecule has 1 aromatic carbocycles. The fourth-order valence-electron chi connectivity index (χ4n) is 4.08. The Morgan fingerprint density at radius 3 is 2.31 bits per heavy atom. The summed E-state index contributed by atoms with van der Waals surface area (Å²) in [7, 11) is -2.56. The van der Waals surface area contributed by atoms with Crippen LogP contribution >= 0.6 is 23.2 Å². The fraction of sp³-hybridized carbons (Fsp3) is 0.619. The van der Waals surface area contributed by atoms with E-state index in [0.717, 1.165) is 23.6 Å². The minimum absolute atomic E-state index is 0.0387. The maximum absolute atomic E-state index is 13.3. The lowest BCUT2D eigenvalue weighted by atomic mass is 9.83. The summed E-state index contributed by atoms with van der Waals surface area (Å²) < 4.78 is 27.4. The van der Waals surface area contributed by atoms with Crippen molar-refractivity contribution in [3.05, 3.63) is 28.2 Å². The van der Waals surface area contributed by atoms with Crippen LogP contribution in [-0.2, 0) is 19.6 Å². The summed E-state index contributed by atoms with van der Waals surface area (Å²) in [5.41, 5.74) is 1.61. The molecule has 0 aromatic heterocycles. The van der Waals surface area contributed by atoms with Crippen molar-refractivity contribution >= 4 is 45.0 Å². The van der Waals surface area contributed by atoms with Gasteiger partial charge in [-0.3, -0.25) is 14.8 Å². The van der Waals surface area contributed by atoms with Crippen LogP contribution in [0.5, 0.6) is 0 Å². The molecule has 0 radical (unpaired) electrons. The van der Waals surface area contributed by atoms with E-state index in [-0.39, 0.29) is 33.3 Å². The molecule has 32 heavy (non-hydrogen) atoms. The first-order valence-electron chi connectivity index (χ1n) is 10.6. The van der Waals surface area contributed by atoms with Crippen LogP contribution in [-0.4, -0.2) is 61.3 Å². The molecule has 0 saturated carbocycles. The van der Waals surface area contributed by atoms with Gasteiger partial charge in [-0.15, -0.1) is 0 Å². The van der Waals surface area contributed by atoms with Gasteiger partial charge < -0.3 is 4.90 Å². The van der Waals surface area contributed by atoms with Crippen molar-refractivity contribution in [3.8, 4) is 0 Å². The fourth-order valence-corrected chi connectivity index (χ4v) is 5.69. The van der Waals surface area contributed by atoms with Gasteiger partial charge in [-0.05, 0) is 55.7 Å². The molecule has 2 amide bonds. The molecular formula is C21H31Cl2N3O5S. The summed E-state index contributed by atoms with van der Waals surface area (Å²) in [5, 5.41) is 9.68. The predicted octanol–water partition coefficient (Wildman–Crippen LogP) is 3.41. The highest BCUT2D eigenvalue weighted by Crippen LogP contribution is 2.29. The largest absolute Gasteiger partial charge is 0.342 e. The average molecular weight is 508 g/mol. The summed E-state index contributed by atoms with van der Waals surface area (Å²) in [6, 6.07) is 4.02. The molecule has 1 aliphatic heterocycles. The van der Waals surface area contributed by atoms with Crippen molar-refractivity contribution in [2.75, 3.05) is 26.7 Å². The quantitative estimate of drug-likeness (QED) is 0.302. The summed E-state index contributed by atoms with van der Waals surface area (Å²) >= 11 is 11.9. The lowest BCUT2D eigenvalue weighted by Crippen LogP contribution is -2.50. The first kappa shape index (κ1) is 26.9. The highest BCUT2D eigenvalue weighted by atomic mass is 35.5. The zero-order valence-corrected chi connectivity index (χ0v) is 20.9. The third-order valence-corrected chi connectivity index (χ3v) is 8.22. The number of rotatable bonds is 9. The van der Waals surface area contributed by atoms with Crippen LogP contribution in [0.2, 0.25) is 10.0 Å². The minimum Gasteiger partial charge on any atom is -0.342 e. The zero-order valence-electron chi connectivity index (χ0n) is 18.6. The van der Waals surface area contributed by atoms with Gasteiger partial charge in [0.1, 0.15) is 5.92 Å². The Kier molecular flexibility index (Phi) is 9.78. The number of piperidine rings is 1. The number of amides is 2. The van der Waals surface area contributed by atoms with Crippen LogP contribution in [0.15, 0.2) is 23.1 Å². The summed E-state index contributed by atoms with van der Waals surface area (Å²) in [4.78, 5) is 27.4. The van der Waals surface area contributed by atoms with Crippen molar-refractivity contribution < 1.29 is 23.2 Å². The standard InChI is InChI=1S/C21H31Cl2N3O5S/c1-14(2)11-15(19(20(27)24-29)21(28)26-9-5-4-6-10-26)13-25(3)32(30,31)16-7-8-17(22)18(23)12-16/h7-8,12,14-15,19,29H,4-6,9-11,13H2,1-3H3,(H,24,27)/t15-,19+/m0/s1. The monoisotopic (exact) mass is 507 g/mol. The lowest BCUT2D eigenvalue weighted by molar-refractivity contribution is -0.149. The number of benzene rings is 1. The van der Waals surface area contributed by atoms with Crippen LogP contribution in [0.3, 0.4) is 0 Å². The van der Waals surface area contributed by atoms with Crippen LogP contribution in [0.1, 0.15) is 39.5 Å². The number of hydrogen-bond donors (Lipinski definition) is 2. The van der Waals surface area contributed by atoms with Crippen molar-refractivity contribution in [2.45, 2.75) is 44.4 Å². The number of carbonyl (C=O) groups excluding carboxylic acids is 2. The molecule has 11 heteroatoms. The number of carbonyl (C=O) groups is 2. The summed E-state index contributed by atoms with van der Waals surface area (Å²) in [5.74, 6) is -2.97. The Balaban J connectivity index is 2.35. The first-order chi connectivity index (χ1) is 15.0. The average Bonchev–Trinajstić information content (AvgIpc) is 2.75. The third kappa shape index (κ3) is 6.57. The van der Waals surface area contributed by atoms with E-state index in [9.17, 15) is 23.2 Å². The SMILES string of the molecule is CC(C)C[C@@H](CN(C)S(=O)(=O)c1ccc(Cl)c(Cl)c1)[C@H](C(=O)NO)C(=O)N1CCCCC1. The molecule has 1 aromatic rings. The molecule has 0 aliphatic carbocycles. The normalized spacial score (nSPS) is 16.8. The van der Waals surface area contributed by atoms with Gasteiger partial charge in [0, 0.05) is 26.7 Å². The second kappa shape index (κ2) is 11.7. The lowest BCUT2D eigenvalue weighted by Gasteiger charge is -2.34. The van der Waals surface area contributed by atoms with E-state index in [1.165, 1.54) is 25.2 Å². The van der Waals surface area contributed by atoms with Gasteiger partial charge in [-0.2, -0.15) is 0 Å². The molecular weight excluding hydrogens is 477 g/mol. The van der Waals surface area contributed by atoms with Gasteiger partial charge in [0.05, 0.1) is 14.9 Å². The summed E-state index contributed by atoms with van der Waals surface area (Å²) in [6.07, 6.45) is 3.12. The predicted molar refractivity (Wildman–Crippen MR) is 123 cm³/mol. The molecule has 2 rings (SSSR count). The number of nitrogens with zero attached hydrogens (tertiary/aromatic N) is 2. The van der Waals surface area contributed by atoms with E-state index in [2.05, 4.69) is 0 Å². The second-order valence-corrected chi connectivity index (χ2v) is 11.5. The molecule has 2 N–H and O–H groups in total. The molecule has 1 fully saturated rings. The van der Waals surface area contributed by atoms with Crippen LogP contribution in [0.4, 0.5) is 0 Å². The molecule has 2 atom stereocenters. The first-order valence-corrected chi connectivity index (χ1v) is 12.8. The van der Waals surface area contributed by atoms with E-state index in [1.807, 2.05) is 13.8 Å². The van der Waals surface area contributed by atoms with Crippen molar-refractivity contribution in [1.29, 1.82) is 0 Å². The Labute approximate surface area is 199 Å². The number of sulfonamides is 1. The van der Waals surface area contributed by atoms with E-state index in [4.69, 9.17) is 23.2 Å². The van der Waals surface area contributed by atoms with Crippen LogP contribution in [0.25, 0.3) is 0 Å². The highest BCUT2D eigenvalue weighted by molar-refractivity contribution is 7.89. The molecule has 1 saturated heterocycles. The number of nitrogens with one attached hydrogen (secondary N) is 1. The van der Waals surface area contributed by atoms with Gasteiger partial charge in [-0.1, -0.05) is 37.0 Å². The van der Waals surface area contributed by atoms with Crippen molar-refractivity contribution in [1.82, 2.24) is 14.7 Å². The summed E-state index contributed by atoms with van der Waals surface area (Å²) in [6.45, 7) is 4.86. The topological polar surface area (TPSA) is 107 Å². The number of likely N-dealkylation sites (tertiary alicyclic amines) is 1. The minimum atomic E-state index is -3.95. The highest BCUT2D eigenvalue weighted by Gasteiger charge is 2.40. The Hall–Kier alpha value is -1.39. The van der Waals surface area contributed by atoms with Crippen LogP contribution in [0, 0.1) is 17.8 Å². The second-order valence-electron chi connectivity index (χ2n) is 8.59. The van der Waals surface area contributed by atoms with E-state index in [0.29, 0.717) is 19.5 Å². The molecule has 1 aliphatic rings. The van der Waals surface area contributed by atoms with E-state index < -0.39 is 27.8 Å². The molecule has 0 spiro atoms. The molecule has 1 heterocycles. The van der Waals surface area contributed by atoms with Crippen molar-refractivity contribution in [3.63, 3.8) is 0 Å². The zero-order chi connectivity index (χ0) is 24.1. The van der Waals surface area contributed by atoms with Gasteiger partial charge >= 0.3 is 0 Å². The maximum atomic E-state index is 13.3. The van der Waals surface area contributed by atoms with Crippen molar-refractivity contribution in [2.24, 2.45) is 17.8 Å². The van der Waals surface area contributed by atoms with E-state index in [1.54, 1.807) is 10.4 Å². The Morgan fingerprint density at radius 2 is 1.78 bits per heavy atom. The maximum Gasteiger partial charge on any atom is 0.256 e. The van der Waals surface area contributed by atoms with Gasteiger partial charge in [-0.25, -0.2) is 18.2 Å². The molecule has 8 nitrogen and oxygen atoms in total. The molecule has 0 unspecified atom stereocenters. The molecule has 180 valence electrons. The Morgan fingerprint density at radius 1 is 1.16 bits per heavy atom. The number of halogens is 2. The Bertz CT molecular complexity index is 920. The third-order valence-electron chi connectivity index (χ3n) is 5.66. The van der Waals surface area contributed by atoms with Gasteiger partial charge in [0.2, 0.25) is 15.9 Å². The van der Waals surface area contributed by atoms with E-state index >= 15 is 0 Å². The number of hydroxylamine groups is 1.